The normalized spacial score (nSPS) is 39.2. The molecule has 0 aromatic heterocycles. The number of hydrogen-bond donors (Lipinski definition) is 2. The Morgan fingerprint density at radius 1 is 1.33 bits per heavy atom. The summed E-state index contributed by atoms with van der Waals surface area (Å²) in [6.07, 6.45) is 8.53. The molecule has 1 heterocycles. The quantitative estimate of drug-likeness (QED) is 0.427. The first-order chi connectivity index (χ1) is 5.62. The molecule has 4 nitrogen and oxygen atoms in total. The lowest BCUT2D eigenvalue weighted by molar-refractivity contribution is -1.06. The van der Waals surface area contributed by atoms with Gasteiger partial charge in [0.15, 0.2) is 0 Å². The summed E-state index contributed by atoms with van der Waals surface area (Å²) in [6, 6.07) is 0. The van der Waals surface area contributed by atoms with Crippen LogP contribution in [0.1, 0.15) is 32.1 Å². The van der Waals surface area contributed by atoms with Crippen LogP contribution < -0.4 is 5.43 Å². The van der Waals surface area contributed by atoms with Crippen LogP contribution >= 0.6 is 0 Å². The molecule has 1 saturated carbocycles. The van der Waals surface area contributed by atoms with Gasteiger partial charge in [0.2, 0.25) is 0 Å². The summed E-state index contributed by atoms with van der Waals surface area (Å²) in [5.74, 6) is 0. The van der Waals surface area contributed by atoms with Gasteiger partial charge in [-0.25, -0.2) is 0 Å². The topological polar surface area (TPSA) is 55.3 Å². The predicted molar refractivity (Wildman–Crippen MR) is 43.5 cm³/mol. The Morgan fingerprint density at radius 2 is 2.00 bits per heavy atom. The fourth-order valence-corrected chi connectivity index (χ4v) is 2.10. The number of nitrogens with one attached hydrogen (secondary N) is 1. The van der Waals surface area contributed by atoms with E-state index >= 15 is 0 Å². The predicted octanol–water partition coefficient (Wildman–Crippen LogP) is 1.43. The zero-order valence-electron chi connectivity index (χ0n) is 6.99. The molecule has 4 heteroatoms. The lowest BCUT2D eigenvalue weighted by Crippen LogP contribution is -2.54. The molecule has 0 aromatic carbocycles. The van der Waals surface area contributed by atoms with E-state index in [4.69, 9.17) is 5.21 Å². The molecule has 1 aliphatic carbocycles. The van der Waals surface area contributed by atoms with Crippen LogP contribution in [-0.2, 0) is 0 Å². The van der Waals surface area contributed by atoms with Gasteiger partial charge < -0.3 is 5.21 Å². The summed E-state index contributed by atoms with van der Waals surface area (Å²) in [6.45, 7) is 0. The van der Waals surface area contributed by atoms with Gasteiger partial charge in [-0.15, -0.1) is 10.3 Å². The maximum atomic E-state index is 11.1. The minimum absolute atomic E-state index is 0.214. The third kappa shape index (κ3) is 1.38. The molecule has 0 bridgehead atoms. The molecule has 0 radical (unpaired) electrons. The average Bonchev–Trinajstić information content (AvgIpc) is 2.29. The van der Waals surface area contributed by atoms with Crippen molar-refractivity contribution in [1.29, 1.82) is 0 Å². The van der Waals surface area contributed by atoms with Crippen molar-refractivity contribution in [3.8, 4) is 0 Å². The highest BCUT2D eigenvalue weighted by Crippen LogP contribution is 2.33. The zero-order chi connectivity index (χ0) is 8.66. The molecule has 1 spiro atoms. The number of hydroxylamine groups is 2. The van der Waals surface area contributed by atoms with Crippen molar-refractivity contribution in [2.75, 3.05) is 0 Å². The molecule has 1 unspecified atom stereocenters. The number of quaternary nitrogens is 1. The summed E-state index contributed by atoms with van der Waals surface area (Å²) in [5.41, 5.74) is 2.46. The second-order valence-corrected chi connectivity index (χ2v) is 3.77. The smallest absolute Gasteiger partial charge is 0.147 e. The molecule has 68 valence electrons. The van der Waals surface area contributed by atoms with Gasteiger partial charge in [0.05, 0.1) is 5.54 Å². The monoisotopic (exact) mass is 170 g/mol. The SMILES string of the molecule is [O-][N+]1(O)C=CC2(CCCCC2)N1. The van der Waals surface area contributed by atoms with E-state index in [2.05, 4.69) is 5.43 Å². The van der Waals surface area contributed by atoms with Crippen LogP contribution in [0.15, 0.2) is 12.3 Å². The van der Waals surface area contributed by atoms with E-state index < -0.39 is 4.92 Å². The van der Waals surface area contributed by atoms with E-state index in [1.54, 1.807) is 0 Å². The van der Waals surface area contributed by atoms with Gasteiger partial charge in [0.1, 0.15) is 6.20 Å². The van der Waals surface area contributed by atoms with Gasteiger partial charge in [-0.2, -0.15) is 5.21 Å². The molecule has 1 atom stereocenters. The fourth-order valence-electron chi connectivity index (χ4n) is 2.10. The van der Waals surface area contributed by atoms with Gasteiger partial charge in [-0.05, 0) is 18.9 Å². The van der Waals surface area contributed by atoms with Crippen LogP contribution in [0.25, 0.3) is 0 Å². The van der Waals surface area contributed by atoms with Crippen LogP contribution in [-0.4, -0.2) is 15.7 Å². The number of rotatable bonds is 0. The Bertz CT molecular complexity index is 207. The molecule has 0 aromatic rings. The van der Waals surface area contributed by atoms with Crippen LogP contribution in [0.3, 0.4) is 0 Å². The lowest BCUT2D eigenvalue weighted by atomic mass is 9.83. The van der Waals surface area contributed by atoms with E-state index in [9.17, 15) is 5.21 Å². The second kappa shape index (κ2) is 2.53. The highest BCUT2D eigenvalue weighted by Gasteiger charge is 2.40. The van der Waals surface area contributed by atoms with Crippen LogP contribution in [0.2, 0.25) is 0 Å². The lowest BCUT2D eigenvalue weighted by Gasteiger charge is -2.35. The van der Waals surface area contributed by atoms with Crippen molar-refractivity contribution in [2.24, 2.45) is 0 Å². The van der Waals surface area contributed by atoms with Gasteiger partial charge in [-0.1, -0.05) is 19.3 Å². The van der Waals surface area contributed by atoms with Gasteiger partial charge in [0, 0.05) is 0 Å². The van der Waals surface area contributed by atoms with Crippen LogP contribution in [0, 0.1) is 5.21 Å². The van der Waals surface area contributed by atoms with E-state index in [0.717, 1.165) is 25.7 Å². The van der Waals surface area contributed by atoms with Crippen molar-refractivity contribution >= 4 is 0 Å². The van der Waals surface area contributed by atoms with Gasteiger partial charge >= 0.3 is 0 Å². The standard InChI is InChI=1S/C8H14N2O2/c11-10(12)7-6-8(9-10)4-2-1-3-5-8/h6-7,9,11H,1-5H2. The van der Waals surface area contributed by atoms with Crippen LogP contribution in [0.5, 0.6) is 0 Å². The maximum Gasteiger partial charge on any atom is 0.147 e. The molecular formula is C8H14N2O2. The molecule has 1 fully saturated rings. The highest BCUT2D eigenvalue weighted by molar-refractivity contribution is 5.07. The highest BCUT2D eigenvalue weighted by atomic mass is 16.9. The second-order valence-electron chi connectivity index (χ2n) is 3.77. The summed E-state index contributed by atoms with van der Waals surface area (Å²) < 4.78 is 0. The minimum atomic E-state index is -1.40. The molecule has 2 aliphatic rings. The third-order valence-corrected chi connectivity index (χ3v) is 2.72. The molecule has 1 aliphatic heterocycles. The minimum Gasteiger partial charge on any atom is -0.573 e. The molecule has 12 heavy (non-hydrogen) atoms. The fraction of sp³-hybridized carbons (Fsp3) is 0.750. The molecule has 2 rings (SSSR count). The zero-order valence-corrected chi connectivity index (χ0v) is 6.99. The molecule has 2 N–H and O–H groups in total. The summed E-state index contributed by atoms with van der Waals surface area (Å²) in [4.78, 5) is -1.40. The molecule has 0 amide bonds. The Kier molecular flexibility index (Phi) is 1.73. The van der Waals surface area contributed by atoms with Crippen LogP contribution in [0.4, 0.5) is 0 Å². The number of nitrogens with zero attached hydrogens (tertiary/aromatic N) is 1. The van der Waals surface area contributed by atoms with Crippen molar-refractivity contribution in [3.05, 3.63) is 17.5 Å². The van der Waals surface area contributed by atoms with Crippen molar-refractivity contribution < 1.29 is 10.1 Å². The first kappa shape index (κ1) is 8.19. The van der Waals surface area contributed by atoms with Gasteiger partial charge in [-0.3, -0.25) is 0 Å². The summed E-state index contributed by atoms with van der Waals surface area (Å²) in [5, 5.41) is 20.2. The Balaban J connectivity index is 2.10. The third-order valence-electron chi connectivity index (χ3n) is 2.72. The van der Waals surface area contributed by atoms with Gasteiger partial charge in [0.25, 0.3) is 0 Å². The van der Waals surface area contributed by atoms with Crippen molar-refractivity contribution in [1.82, 2.24) is 5.43 Å². The van der Waals surface area contributed by atoms with Crippen molar-refractivity contribution in [3.63, 3.8) is 0 Å². The Labute approximate surface area is 71.6 Å². The summed E-state index contributed by atoms with van der Waals surface area (Å²) >= 11 is 0. The molecule has 0 saturated heterocycles. The summed E-state index contributed by atoms with van der Waals surface area (Å²) in [7, 11) is 0. The Hall–Kier alpha value is -0.420. The van der Waals surface area contributed by atoms with E-state index in [1.807, 2.05) is 6.08 Å². The largest absolute Gasteiger partial charge is 0.573 e. The first-order valence-electron chi connectivity index (χ1n) is 4.44. The average molecular weight is 170 g/mol. The Morgan fingerprint density at radius 3 is 2.50 bits per heavy atom. The van der Waals surface area contributed by atoms with Crippen molar-refractivity contribution in [2.45, 2.75) is 37.6 Å². The number of hydrogen-bond acceptors (Lipinski definition) is 3. The van der Waals surface area contributed by atoms with E-state index in [1.165, 1.54) is 12.6 Å². The molecular weight excluding hydrogens is 156 g/mol. The van der Waals surface area contributed by atoms with E-state index in [-0.39, 0.29) is 5.54 Å². The first-order valence-corrected chi connectivity index (χ1v) is 4.44. The van der Waals surface area contributed by atoms with E-state index in [0.29, 0.717) is 0 Å². The maximum absolute atomic E-state index is 11.1.